The Labute approximate surface area is 101 Å². The van der Waals surface area contributed by atoms with E-state index in [2.05, 4.69) is 4.99 Å². The lowest BCUT2D eigenvalue weighted by molar-refractivity contribution is -0.168. The Balaban J connectivity index is 2.92. The third-order valence-electron chi connectivity index (χ3n) is 2.66. The summed E-state index contributed by atoms with van der Waals surface area (Å²) in [6.45, 7) is 3.38. The molecular formula is C11H20N2O4. The van der Waals surface area contributed by atoms with Crippen LogP contribution in [0.3, 0.4) is 0 Å². The van der Waals surface area contributed by atoms with E-state index < -0.39 is 11.5 Å². The molecule has 0 bridgehead atoms. The molecule has 0 aromatic heterocycles. The summed E-state index contributed by atoms with van der Waals surface area (Å²) >= 11 is 0. The molecule has 2 unspecified atom stereocenters. The van der Waals surface area contributed by atoms with Crippen LogP contribution in [0.25, 0.3) is 0 Å². The fourth-order valence-corrected chi connectivity index (χ4v) is 1.40. The molecular weight excluding hydrogens is 224 g/mol. The number of hydrogen-bond acceptors (Lipinski definition) is 6. The van der Waals surface area contributed by atoms with Crippen LogP contribution in [0, 0.1) is 0 Å². The van der Waals surface area contributed by atoms with Crippen molar-refractivity contribution in [3.63, 3.8) is 0 Å². The van der Waals surface area contributed by atoms with Crippen LogP contribution < -0.4 is 0 Å². The van der Waals surface area contributed by atoms with Crippen molar-refractivity contribution in [2.24, 2.45) is 4.99 Å². The second-order valence-corrected chi connectivity index (χ2v) is 4.17. The van der Waals surface area contributed by atoms with E-state index in [1.54, 1.807) is 26.3 Å². The predicted octanol–water partition coefficient (Wildman–Crippen LogP) is 0.883. The van der Waals surface area contributed by atoms with Gasteiger partial charge >= 0.3 is 0 Å². The van der Waals surface area contributed by atoms with E-state index in [-0.39, 0.29) is 6.42 Å². The van der Waals surface area contributed by atoms with Crippen molar-refractivity contribution in [1.29, 1.82) is 0 Å². The van der Waals surface area contributed by atoms with Gasteiger partial charge in [0.2, 0.25) is 0 Å². The van der Waals surface area contributed by atoms with Gasteiger partial charge in [-0.2, -0.15) is 0 Å². The fraction of sp³-hybridized carbons (Fsp3) is 0.727. The van der Waals surface area contributed by atoms with E-state index in [9.17, 15) is 5.11 Å². The Hall–Kier alpha value is -0.950. The molecule has 17 heavy (non-hydrogen) atoms. The van der Waals surface area contributed by atoms with Crippen molar-refractivity contribution in [2.45, 2.75) is 31.8 Å². The van der Waals surface area contributed by atoms with E-state index in [0.29, 0.717) is 5.84 Å². The first kappa shape index (κ1) is 14.1. The standard InChI is InChI=1S/C11H20N2O4/c1-10(15-3)6-7-13(17-5)9(12-10)8-11(2,14)16-4/h6-7,14H,8H2,1-5H3. The van der Waals surface area contributed by atoms with Gasteiger partial charge in [0.25, 0.3) is 0 Å². The molecule has 2 atom stereocenters. The number of aliphatic hydroxyl groups is 1. The lowest BCUT2D eigenvalue weighted by Crippen LogP contribution is -2.41. The highest BCUT2D eigenvalue weighted by Crippen LogP contribution is 2.23. The van der Waals surface area contributed by atoms with Gasteiger partial charge in [0.05, 0.1) is 13.5 Å². The molecule has 6 nitrogen and oxygen atoms in total. The Morgan fingerprint density at radius 1 is 1.47 bits per heavy atom. The zero-order valence-electron chi connectivity index (χ0n) is 10.9. The first-order valence-electron chi connectivity index (χ1n) is 5.30. The molecule has 0 saturated heterocycles. The summed E-state index contributed by atoms with van der Waals surface area (Å²) in [5, 5.41) is 11.3. The molecule has 1 rings (SSSR count). The van der Waals surface area contributed by atoms with Gasteiger partial charge in [-0.3, -0.25) is 4.84 Å². The van der Waals surface area contributed by atoms with Crippen LogP contribution in [0.4, 0.5) is 0 Å². The largest absolute Gasteiger partial charge is 0.365 e. The molecule has 6 heteroatoms. The number of methoxy groups -OCH3 is 2. The van der Waals surface area contributed by atoms with E-state index >= 15 is 0 Å². The van der Waals surface area contributed by atoms with Gasteiger partial charge in [0, 0.05) is 20.4 Å². The van der Waals surface area contributed by atoms with Gasteiger partial charge in [-0.05, 0) is 19.9 Å². The minimum atomic E-state index is -1.30. The Kier molecular flexibility index (Phi) is 4.26. The van der Waals surface area contributed by atoms with Crippen molar-refractivity contribution in [1.82, 2.24) is 5.06 Å². The summed E-state index contributed by atoms with van der Waals surface area (Å²) in [7, 11) is 4.53. The summed E-state index contributed by atoms with van der Waals surface area (Å²) in [5.74, 6) is -0.763. The van der Waals surface area contributed by atoms with Crippen molar-refractivity contribution in [2.75, 3.05) is 21.3 Å². The monoisotopic (exact) mass is 244 g/mol. The van der Waals surface area contributed by atoms with Crippen LogP contribution in [0.5, 0.6) is 0 Å². The molecule has 0 amide bonds. The number of ether oxygens (including phenoxy) is 2. The summed E-state index contributed by atoms with van der Waals surface area (Å²) in [5.41, 5.74) is -0.742. The second-order valence-electron chi connectivity index (χ2n) is 4.17. The van der Waals surface area contributed by atoms with Gasteiger partial charge in [-0.15, -0.1) is 0 Å². The zero-order chi connectivity index (χ0) is 13.1. The lowest BCUT2D eigenvalue weighted by Gasteiger charge is -2.33. The van der Waals surface area contributed by atoms with Crippen LogP contribution >= 0.6 is 0 Å². The van der Waals surface area contributed by atoms with Gasteiger partial charge < -0.3 is 14.6 Å². The van der Waals surface area contributed by atoms with Crippen LogP contribution in [0.1, 0.15) is 20.3 Å². The Morgan fingerprint density at radius 3 is 2.59 bits per heavy atom. The number of nitrogens with zero attached hydrogens (tertiary/aromatic N) is 2. The summed E-state index contributed by atoms with van der Waals surface area (Å²) in [6.07, 6.45) is 3.67. The van der Waals surface area contributed by atoms with E-state index in [0.717, 1.165) is 0 Å². The summed E-state index contributed by atoms with van der Waals surface area (Å²) in [4.78, 5) is 9.51. The van der Waals surface area contributed by atoms with Crippen LogP contribution in [0.15, 0.2) is 17.3 Å². The molecule has 1 aliphatic rings. The number of hydroxylamine groups is 2. The smallest absolute Gasteiger partial charge is 0.178 e. The van der Waals surface area contributed by atoms with Crippen LogP contribution in [0.2, 0.25) is 0 Å². The third kappa shape index (κ3) is 3.50. The van der Waals surface area contributed by atoms with Gasteiger partial charge in [0.1, 0.15) is 5.84 Å². The Bertz CT molecular complexity index is 327. The molecule has 0 aromatic carbocycles. The average molecular weight is 244 g/mol. The lowest BCUT2D eigenvalue weighted by atomic mass is 10.1. The first-order valence-corrected chi connectivity index (χ1v) is 5.30. The highest BCUT2D eigenvalue weighted by atomic mass is 16.7. The molecule has 1 aliphatic heterocycles. The molecule has 1 N–H and O–H groups in total. The molecule has 0 aromatic rings. The molecule has 0 radical (unpaired) electrons. The zero-order valence-corrected chi connectivity index (χ0v) is 10.9. The maximum absolute atomic E-state index is 9.88. The maximum Gasteiger partial charge on any atom is 0.178 e. The average Bonchev–Trinajstić information content (AvgIpc) is 2.29. The molecule has 1 heterocycles. The van der Waals surface area contributed by atoms with E-state index in [1.807, 2.05) is 6.92 Å². The predicted molar refractivity (Wildman–Crippen MR) is 63.1 cm³/mol. The van der Waals surface area contributed by atoms with E-state index in [1.165, 1.54) is 19.3 Å². The highest BCUT2D eigenvalue weighted by molar-refractivity contribution is 5.84. The third-order valence-corrected chi connectivity index (χ3v) is 2.66. The van der Waals surface area contributed by atoms with Gasteiger partial charge in [0.15, 0.2) is 11.5 Å². The van der Waals surface area contributed by atoms with E-state index in [4.69, 9.17) is 14.3 Å². The van der Waals surface area contributed by atoms with Crippen molar-refractivity contribution in [3.8, 4) is 0 Å². The molecule has 0 fully saturated rings. The Morgan fingerprint density at radius 2 is 2.12 bits per heavy atom. The number of amidine groups is 1. The number of rotatable bonds is 5. The topological polar surface area (TPSA) is 63.5 Å². The quantitative estimate of drug-likeness (QED) is 0.727. The summed E-state index contributed by atoms with van der Waals surface area (Å²) in [6, 6.07) is 0. The number of hydrogen-bond donors (Lipinski definition) is 1. The van der Waals surface area contributed by atoms with Gasteiger partial charge in [-0.1, -0.05) is 0 Å². The maximum atomic E-state index is 9.88. The molecule has 0 saturated carbocycles. The highest BCUT2D eigenvalue weighted by Gasteiger charge is 2.31. The minimum Gasteiger partial charge on any atom is -0.365 e. The van der Waals surface area contributed by atoms with Crippen LogP contribution in [-0.2, 0) is 14.3 Å². The molecule has 98 valence electrons. The van der Waals surface area contributed by atoms with Crippen LogP contribution in [-0.4, -0.2) is 48.8 Å². The molecule has 0 spiro atoms. The van der Waals surface area contributed by atoms with Gasteiger partial charge in [-0.25, -0.2) is 10.1 Å². The fourth-order valence-electron chi connectivity index (χ4n) is 1.40. The van der Waals surface area contributed by atoms with Crippen molar-refractivity contribution < 1.29 is 19.4 Å². The second kappa shape index (κ2) is 5.14. The SMILES string of the molecule is CON1C=CC(C)(OC)N=C1CC(C)(O)OC. The van der Waals surface area contributed by atoms with Crippen molar-refractivity contribution in [3.05, 3.63) is 12.3 Å². The van der Waals surface area contributed by atoms with Crippen molar-refractivity contribution >= 4 is 5.84 Å². The number of aliphatic imine (C=N–C) groups is 1. The minimum absolute atomic E-state index is 0.195. The summed E-state index contributed by atoms with van der Waals surface area (Å²) < 4.78 is 10.2. The first-order chi connectivity index (χ1) is 7.86. The molecule has 0 aliphatic carbocycles. The normalized spacial score (nSPS) is 27.9.